The van der Waals surface area contributed by atoms with Gasteiger partial charge in [-0.3, -0.25) is 4.79 Å². The maximum atomic E-state index is 10.4. The van der Waals surface area contributed by atoms with E-state index in [1.54, 1.807) is 0 Å². The lowest BCUT2D eigenvalue weighted by Crippen LogP contribution is -1.95. The topological polar surface area (TPSA) is 85.5 Å². The van der Waals surface area contributed by atoms with Crippen molar-refractivity contribution in [1.82, 2.24) is 10.1 Å². The SMILES string of the molecule is CCOc1ccccc1-c1noc(CCCCC(=O)O)n1. The van der Waals surface area contributed by atoms with E-state index < -0.39 is 5.97 Å². The lowest BCUT2D eigenvalue weighted by atomic mass is 10.2. The molecule has 1 aromatic heterocycles. The number of rotatable bonds is 8. The molecule has 0 atom stereocenters. The maximum Gasteiger partial charge on any atom is 0.303 e. The number of hydrogen-bond acceptors (Lipinski definition) is 5. The molecule has 6 heteroatoms. The number of aryl methyl sites for hydroxylation is 1. The van der Waals surface area contributed by atoms with Crippen LogP contribution < -0.4 is 4.74 Å². The summed E-state index contributed by atoms with van der Waals surface area (Å²) in [5.74, 6) is 0.944. The van der Waals surface area contributed by atoms with Crippen molar-refractivity contribution in [3.63, 3.8) is 0 Å². The summed E-state index contributed by atoms with van der Waals surface area (Å²) in [4.78, 5) is 14.8. The zero-order chi connectivity index (χ0) is 15.1. The number of carboxylic acids is 1. The summed E-state index contributed by atoms with van der Waals surface area (Å²) in [7, 11) is 0. The Morgan fingerprint density at radius 1 is 1.33 bits per heavy atom. The number of para-hydroxylation sites is 1. The van der Waals surface area contributed by atoms with Crippen LogP contribution in [0.2, 0.25) is 0 Å². The van der Waals surface area contributed by atoms with Crippen molar-refractivity contribution >= 4 is 5.97 Å². The predicted molar refractivity (Wildman–Crippen MR) is 76.1 cm³/mol. The first-order chi connectivity index (χ1) is 10.2. The standard InChI is InChI=1S/C15H18N2O4/c1-2-20-12-8-4-3-7-11(12)15-16-13(21-17-15)9-5-6-10-14(18)19/h3-4,7-8H,2,5-6,9-10H2,1H3,(H,18,19). The van der Waals surface area contributed by atoms with E-state index in [4.69, 9.17) is 14.4 Å². The molecule has 0 amide bonds. The van der Waals surface area contributed by atoms with Crippen LogP contribution in [-0.2, 0) is 11.2 Å². The summed E-state index contributed by atoms with van der Waals surface area (Å²) in [5, 5.41) is 12.5. The van der Waals surface area contributed by atoms with Gasteiger partial charge in [-0.25, -0.2) is 0 Å². The van der Waals surface area contributed by atoms with Crippen LogP contribution in [0, 0.1) is 0 Å². The maximum absolute atomic E-state index is 10.4. The monoisotopic (exact) mass is 290 g/mol. The van der Waals surface area contributed by atoms with Crippen LogP contribution in [0.25, 0.3) is 11.4 Å². The molecule has 1 N–H and O–H groups in total. The zero-order valence-corrected chi connectivity index (χ0v) is 11.9. The third kappa shape index (κ3) is 4.30. The van der Waals surface area contributed by atoms with E-state index in [-0.39, 0.29) is 6.42 Å². The first kappa shape index (κ1) is 15.0. The predicted octanol–water partition coefficient (Wildman–Crippen LogP) is 2.93. The summed E-state index contributed by atoms with van der Waals surface area (Å²) in [5.41, 5.74) is 0.792. The Balaban J connectivity index is 2.01. The highest BCUT2D eigenvalue weighted by atomic mass is 16.5. The van der Waals surface area contributed by atoms with Gasteiger partial charge in [-0.15, -0.1) is 0 Å². The number of carboxylic acid groups (broad SMARTS) is 1. The summed E-state index contributed by atoms with van der Waals surface area (Å²) in [6, 6.07) is 7.52. The van der Waals surface area contributed by atoms with Gasteiger partial charge < -0.3 is 14.4 Å². The van der Waals surface area contributed by atoms with Gasteiger partial charge in [-0.2, -0.15) is 4.98 Å². The van der Waals surface area contributed by atoms with Crippen LogP contribution in [-0.4, -0.2) is 27.8 Å². The normalized spacial score (nSPS) is 10.5. The largest absolute Gasteiger partial charge is 0.493 e. The fourth-order valence-electron chi connectivity index (χ4n) is 1.95. The van der Waals surface area contributed by atoms with Gasteiger partial charge in [0.05, 0.1) is 12.2 Å². The molecule has 2 rings (SSSR count). The van der Waals surface area contributed by atoms with Crippen molar-refractivity contribution in [2.45, 2.75) is 32.6 Å². The molecule has 21 heavy (non-hydrogen) atoms. The molecule has 1 heterocycles. The fraction of sp³-hybridized carbons (Fsp3) is 0.400. The van der Waals surface area contributed by atoms with E-state index in [2.05, 4.69) is 10.1 Å². The zero-order valence-electron chi connectivity index (χ0n) is 11.9. The van der Waals surface area contributed by atoms with E-state index in [1.807, 2.05) is 31.2 Å². The van der Waals surface area contributed by atoms with E-state index in [1.165, 1.54) is 0 Å². The lowest BCUT2D eigenvalue weighted by Gasteiger charge is -2.05. The van der Waals surface area contributed by atoms with Crippen LogP contribution in [0.5, 0.6) is 5.75 Å². The molecule has 1 aromatic carbocycles. The Labute approximate surface area is 122 Å². The van der Waals surface area contributed by atoms with Crippen LogP contribution in [0.1, 0.15) is 32.1 Å². The van der Waals surface area contributed by atoms with Crippen molar-refractivity contribution < 1.29 is 19.2 Å². The van der Waals surface area contributed by atoms with E-state index in [0.29, 0.717) is 37.6 Å². The van der Waals surface area contributed by atoms with Crippen molar-refractivity contribution in [2.24, 2.45) is 0 Å². The van der Waals surface area contributed by atoms with Gasteiger partial charge in [0, 0.05) is 12.8 Å². The molecule has 0 aliphatic heterocycles. The Hall–Kier alpha value is -2.37. The number of aliphatic carboxylic acids is 1. The van der Waals surface area contributed by atoms with Crippen LogP contribution in [0.4, 0.5) is 0 Å². The Kier molecular flexibility index (Phi) is 5.31. The molecule has 112 valence electrons. The smallest absolute Gasteiger partial charge is 0.303 e. The van der Waals surface area contributed by atoms with Gasteiger partial charge in [0.1, 0.15) is 5.75 Å². The minimum absolute atomic E-state index is 0.161. The fourth-order valence-corrected chi connectivity index (χ4v) is 1.95. The van der Waals surface area contributed by atoms with Crippen molar-refractivity contribution in [2.75, 3.05) is 6.61 Å². The molecule has 0 fully saturated rings. The van der Waals surface area contributed by atoms with Gasteiger partial charge in [-0.05, 0) is 31.9 Å². The number of nitrogens with zero attached hydrogens (tertiary/aromatic N) is 2. The number of ether oxygens (including phenoxy) is 1. The average Bonchev–Trinajstić information content (AvgIpc) is 2.93. The molecule has 0 saturated heterocycles. The molecule has 0 radical (unpaired) electrons. The number of carbonyl (C=O) groups is 1. The Bertz CT molecular complexity index is 595. The Morgan fingerprint density at radius 2 is 2.14 bits per heavy atom. The second-order valence-corrected chi connectivity index (χ2v) is 4.54. The number of benzene rings is 1. The lowest BCUT2D eigenvalue weighted by molar-refractivity contribution is -0.137. The average molecular weight is 290 g/mol. The third-order valence-electron chi connectivity index (χ3n) is 2.93. The minimum Gasteiger partial charge on any atom is -0.493 e. The van der Waals surface area contributed by atoms with E-state index in [9.17, 15) is 4.79 Å². The van der Waals surface area contributed by atoms with Crippen molar-refractivity contribution in [3.8, 4) is 17.1 Å². The minimum atomic E-state index is -0.785. The highest BCUT2D eigenvalue weighted by Gasteiger charge is 2.13. The molecule has 0 saturated carbocycles. The summed E-state index contributed by atoms with van der Waals surface area (Å²) >= 11 is 0. The van der Waals surface area contributed by atoms with Crippen LogP contribution >= 0.6 is 0 Å². The molecule has 0 spiro atoms. The molecule has 0 bridgehead atoms. The van der Waals surface area contributed by atoms with Gasteiger partial charge >= 0.3 is 5.97 Å². The molecule has 0 unspecified atom stereocenters. The van der Waals surface area contributed by atoms with E-state index in [0.717, 1.165) is 11.3 Å². The molecule has 0 aliphatic rings. The number of unbranched alkanes of at least 4 members (excludes halogenated alkanes) is 1. The van der Waals surface area contributed by atoms with Gasteiger partial charge in [0.2, 0.25) is 11.7 Å². The van der Waals surface area contributed by atoms with Gasteiger partial charge in [0.15, 0.2) is 0 Å². The number of aromatic nitrogens is 2. The number of hydrogen-bond donors (Lipinski definition) is 1. The first-order valence-corrected chi connectivity index (χ1v) is 6.97. The third-order valence-corrected chi connectivity index (χ3v) is 2.93. The van der Waals surface area contributed by atoms with E-state index >= 15 is 0 Å². The molecule has 2 aromatic rings. The quantitative estimate of drug-likeness (QED) is 0.752. The molecular weight excluding hydrogens is 272 g/mol. The van der Waals surface area contributed by atoms with Gasteiger partial charge in [-0.1, -0.05) is 17.3 Å². The molecular formula is C15H18N2O4. The summed E-state index contributed by atoms with van der Waals surface area (Å²) in [6.45, 7) is 2.48. The Morgan fingerprint density at radius 3 is 2.90 bits per heavy atom. The van der Waals surface area contributed by atoms with Crippen molar-refractivity contribution in [1.29, 1.82) is 0 Å². The van der Waals surface area contributed by atoms with Crippen molar-refractivity contribution in [3.05, 3.63) is 30.2 Å². The van der Waals surface area contributed by atoms with Crippen LogP contribution in [0.3, 0.4) is 0 Å². The highest BCUT2D eigenvalue weighted by Crippen LogP contribution is 2.27. The summed E-state index contributed by atoms with van der Waals surface area (Å²) < 4.78 is 10.7. The first-order valence-electron chi connectivity index (χ1n) is 6.97. The highest BCUT2D eigenvalue weighted by molar-refractivity contribution is 5.66. The summed E-state index contributed by atoms with van der Waals surface area (Å²) in [6.07, 6.45) is 2.05. The molecule has 0 aliphatic carbocycles. The second-order valence-electron chi connectivity index (χ2n) is 4.54. The molecule has 6 nitrogen and oxygen atoms in total. The van der Waals surface area contributed by atoms with Crippen LogP contribution in [0.15, 0.2) is 28.8 Å². The second kappa shape index (κ2) is 7.42. The van der Waals surface area contributed by atoms with Gasteiger partial charge in [0.25, 0.3) is 0 Å².